The smallest absolute Gasteiger partial charge is 0.192 e. The van der Waals surface area contributed by atoms with E-state index in [1.54, 1.807) is 6.08 Å². The van der Waals surface area contributed by atoms with Crippen molar-refractivity contribution in [3.05, 3.63) is 12.2 Å². The highest BCUT2D eigenvalue weighted by Gasteiger charge is 2.42. The molecule has 0 aromatic heterocycles. The standard InChI is InChI=1S/C22H44O4Si2/c1-17(26-28(10,11)22(5,6)7)16-20-19(25-20)13-12-18(23)14-15-24-27(8,9)21(2,3)4/h12-13,17,19-20H,14-16H2,1-11H3/b13-12+/t17-,19-,20-/m1/s1. The highest BCUT2D eigenvalue weighted by Crippen LogP contribution is 2.39. The molecule has 3 atom stereocenters. The topological polar surface area (TPSA) is 48.1 Å². The lowest BCUT2D eigenvalue weighted by Gasteiger charge is -2.38. The maximum absolute atomic E-state index is 12.1. The van der Waals surface area contributed by atoms with Crippen LogP contribution in [0.3, 0.4) is 0 Å². The lowest BCUT2D eigenvalue weighted by atomic mass is 10.1. The lowest BCUT2D eigenvalue weighted by molar-refractivity contribution is -0.115. The minimum Gasteiger partial charge on any atom is -0.416 e. The van der Waals surface area contributed by atoms with Gasteiger partial charge in [0.1, 0.15) is 6.10 Å². The first-order chi connectivity index (χ1) is 12.5. The second-order valence-electron chi connectivity index (χ2n) is 11.2. The van der Waals surface area contributed by atoms with Crippen molar-refractivity contribution in [1.29, 1.82) is 0 Å². The molecule has 1 saturated heterocycles. The fraction of sp³-hybridized carbons (Fsp3) is 0.864. The molecule has 0 aromatic rings. The van der Waals surface area contributed by atoms with Gasteiger partial charge in [0.15, 0.2) is 22.4 Å². The van der Waals surface area contributed by atoms with Crippen molar-refractivity contribution < 1.29 is 18.4 Å². The molecular formula is C22H44O4Si2. The maximum atomic E-state index is 12.1. The molecular weight excluding hydrogens is 384 g/mol. The molecule has 0 spiro atoms. The third-order valence-electron chi connectivity index (χ3n) is 6.58. The van der Waals surface area contributed by atoms with Crippen molar-refractivity contribution in [2.75, 3.05) is 6.61 Å². The van der Waals surface area contributed by atoms with Gasteiger partial charge in [-0.25, -0.2) is 0 Å². The van der Waals surface area contributed by atoms with E-state index < -0.39 is 16.6 Å². The molecule has 1 rings (SSSR count). The Labute approximate surface area is 175 Å². The minimum atomic E-state index is -1.78. The van der Waals surface area contributed by atoms with E-state index in [2.05, 4.69) is 74.7 Å². The second-order valence-corrected chi connectivity index (χ2v) is 20.8. The van der Waals surface area contributed by atoms with Crippen molar-refractivity contribution in [3.8, 4) is 0 Å². The van der Waals surface area contributed by atoms with Gasteiger partial charge < -0.3 is 13.6 Å². The molecule has 28 heavy (non-hydrogen) atoms. The summed E-state index contributed by atoms with van der Waals surface area (Å²) in [5.41, 5.74) is 0. The number of epoxide rings is 1. The quantitative estimate of drug-likeness (QED) is 0.240. The van der Waals surface area contributed by atoms with Crippen LogP contribution < -0.4 is 0 Å². The van der Waals surface area contributed by atoms with Crippen LogP contribution in [0.1, 0.15) is 61.3 Å². The zero-order valence-electron chi connectivity index (χ0n) is 20.1. The Bertz CT molecular complexity index is 556. The SMILES string of the molecule is C[C@H](C[C@H]1O[C@@H]1/C=C/C(=O)CCO[Si](C)(C)C(C)(C)C)O[Si](C)(C)C(C)(C)C. The normalized spacial score (nSPS) is 22.5. The summed E-state index contributed by atoms with van der Waals surface area (Å²) >= 11 is 0. The summed E-state index contributed by atoms with van der Waals surface area (Å²) in [4.78, 5) is 12.1. The summed E-state index contributed by atoms with van der Waals surface area (Å²) in [5, 5.41) is 0.383. The highest BCUT2D eigenvalue weighted by atomic mass is 28.4. The van der Waals surface area contributed by atoms with Gasteiger partial charge in [-0.15, -0.1) is 0 Å². The molecule has 0 aliphatic carbocycles. The summed E-state index contributed by atoms with van der Waals surface area (Å²) in [6.45, 7) is 25.0. The zero-order valence-corrected chi connectivity index (χ0v) is 22.1. The van der Waals surface area contributed by atoms with Crippen molar-refractivity contribution >= 4 is 22.4 Å². The molecule has 4 nitrogen and oxygen atoms in total. The van der Waals surface area contributed by atoms with Gasteiger partial charge in [0.25, 0.3) is 0 Å². The van der Waals surface area contributed by atoms with Crippen LogP contribution in [0.2, 0.25) is 36.3 Å². The summed E-state index contributed by atoms with van der Waals surface area (Å²) in [6.07, 6.45) is 5.29. The largest absolute Gasteiger partial charge is 0.416 e. The molecule has 0 N–H and O–H groups in total. The third-order valence-corrected chi connectivity index (χ3v) is 15.7. The molecule has 0 amide bonds. The maximum Gasteiger partial charge on any atom is 0.192 e. The Hall–Kier alpha value is -0.276. The van der Waals surface area contributed by atoms with Gasteiger partial charge in [0.2, 0.25) is 0 Å². The Kier molecular flexibility index (Phi) is 8.51. The van der Waals surface area contributed by atoms with E-state index in [1.807, 2.05) is 6.08 Å². The van der Waals surface area contributed by atoms with E-state index in [-0.39, 0.29) is 34.2 Å². The molecule has 1 aliphatic heterocycles. The first-order valence-corrected chi connectivity index (χ1v) is 16.5. The van der Waals surface area contributed by atoms with Gasteiger partial charge in [0.05, 0.1) is 6.10 Å². The number of carbonyl (C=O) groups excluding carboxylic acids is 1. The Morgan fingerprint density at radius 3 is 2.07 bits per heavy atom. The molecule has 0 radical (unpaired) electrons. The van der Waals surface area contributed by atoms with E-state index in [0.717, 1.165) is 6.42 Å². The molecule has 0 saturated carbocycles. The molecule has 1 aliphatic rings. The molecule has 164 valence electrons. The van der Waals surface area contributed by atoms with Gasteiger partial charge in [-0.05, 0) is 55.3 Å². The van der Waals surface area contributed by atoms with Crippen LogP contribution >= 0.6 is 0 Å². The van der Waals surface area contributed by atoms with Crippen LogP contribution in [0.5, 0.6) is 0 Å². The predicted octanol–water partition coefficient (Wildman–Crippen LogP) is 6.09. The van der Waals surface area contributed by atoms with Gasteiger partial charge in [-0.3, -0.25) is 4.79 Å². The molecule has 1 heterocycles. The predicted molar refractivity (Wildman–Crippen MR) is 123 cm³/mol. The van der Waals surface area contributed by atoms with Crippen molar-refractivity contribution in [1.82, 2.24) is 0 Å². The fourth-order valence-electron chi connectivity index (χ4n) is 2.48. The Balaban J connectivity index is 2.34. The van der Waals surface area contributed by atoms with E-state index in [4.69, 9.17) is 13.6 Å². The van der Waals surface area contributed by atoms with Crippen LogP contribution in [-0.2, 0) is 18.4 Å². The Morgan fingerprint density at radius 1 is 1.04 bits per heavy atom. The number of carbonyl (C=O) groups is 1. The molecule has 0 bridgehead atoms. The number of ether oxygens (including phenoxy) is 1. The van der Waals surface area contributed by atoms with Gasteiger partial charge >= 0.3 is 0 Å². The lowest BCUT2D eigenvalue weighted by Crippen LogP contribution is -2.43. The van der Waals surface area contributed by atoms with Crippen LogP contribution in [-0.4, -0.2) is 47.3 Å². The first-order valence-electron chi connectivity index (χ1n) is 10.6. The number of ketones is 1. The zero-order chi connectivity index (χ0) is 22.0. The Morgan fingerprint density at radius 2 is 1.57 bits per heavy atom. The average Bonchev–Trinajstić information content (AvgIpc) is 3.19. The van der Waals surface area contributed by atoms with Crippen molar-refractivity contribution in [2.45, 2.75) is 116 Å². The van der Waals surface area contributed by atoms with Crippen LogP contribution in [0.15, 0.2) is 12.2 Å². The fourth-order valence-corrected chi connectivity index (χ4v) is 4.98. The average molecular weight is 429 g/mol. The van der Waals surface area contributed by atoms with Crippen LogP contribution in [0.4, 0.5) is 0 Å². The number of hydrogen-bond acceptors (Lipinski definition) is 4. The van der Waals surface area contributed by atoms with Crippen LogP contribution in [0, 0.1) is 0 Å². The summed E-state index contributed by atoms with van der Waals surface area (Å²) in [6, 6.07) is 0. The summed E-state index contributed by atoms with van der Waals surface area (Å²) in [5.74, 6) is 0.110. The summed E-state index contributed by atoms with van der Waals surface area (Å²) < 4.78 is 18.2. The molecule has 6 heteroatoms. The number of rotatable bonds is 10. The van der Waals surface area contributed by atoms with Gasteiger partial charge in [-0.2, -0.15) is 0 Å². The van der Waals surface area contributed by atoms with E-state index >= 15 is 0 Å². The first kappa shape index (κ1) is 25.8. The molecule has 0 unspecified atom stereocenters. The third kappa shape index (κ3) is 7.86. The van der Waals surface area contributed by atoms with Crippen molar-refractivity contribution in [3.63, 3.8) is 0 Å². The van der Waals surface area contributed by atoms with E-state index in [9.17, 15) is 4.79 Å². The van der Waals surface area contributed by atoms with Crippen molar-refractivity contribution in [2.24, 2.45) is 0 Å². The van der Waals surface area contributed by atoms with E-state index in [1.165, 1.54) is 0 Å². The second kappa shape index (κ2) is 9.25. The minimum absolute atomic E-state index is 0.0516. The van der Waals surface area contributed by atoms with Gasteiger partial charge in [-0.1, -0.05) is 41.5 Å². The highest BCUT2D eigenvalue weighted by molar-refractivity contribution is 6.74. The summed E-state index contributed by atoms with van der Waals surface area (Å²) in [7, 11) is -3.53. The van der Waals surface area contributed by atoms with E-state index in [0.29, 0.717) is 13.0 Å². The number of allylic oxidation sites excluding steroid dienone is 1. The molecule has 1 fully saturated rings. The van der Waals surface area contributed by atoms with Gasteiger partial charge in [0, 0.05) is 25.6 Å². The number of hydrogen-bond donors (Lipinski definition) is 0. The monoisotopic (exact) mass is 428 g/mol. The molecule has 0 aromatic carbocycles. The van der Waals surface area contributed by atoms with Crippen LogP contribution in [0.25, 0.3) is 0 Å².